The van der Waals surface area contributed by atoms with Crippen LogP contribution in [0.2, 0.25) is 0 Å². The molecule has 0 saturated carbocycles. The number of hydrogen-bond acceptors (Lipinski definition) is 4. The summed E-state index contributed by atoms with van der Waals surface area (Å²) in [5.74, 6) is 0.853. The third-order valence-corrected chi connectivity index (χ3v) is 4.31. The number of nitrogens with zero attached hydrogens (tertiary/aromatic N) is 2. The lowest BCUT2D eigenvalue weighted by atomic mass is 10.1. The van der Waals surface area contributed by atoms with Gasteiger partial charge < -0.3 is 9.64 Å². The highest BCUT2D eigenvalue weighted by molar-refractivity contribution is 5.75. The molecule has 1 heterocycles. The van der Waals surface area contributed by atoms with Crippen molar-refractivity contribution in [2.75, 3.05) is 33.8 Å². The molecule has 21 heavy (non-hydrogen) atoms. The molecule has 1 atom stereocenters. The Hall–Kier alpha value is -1.39. The SMILES string of the molecule is CCN1CCCC1CN(C)Cc1cc(C=O)ccc1OC. The standard InChI is InChI=1S/C17H26N2O2/c1-4-19-9-5-6-16(19)12-18(2)11-15-10-14(13-20)7-8-17(15)21-3/h7-8,10,13,16H,4-6,9,11-12H2,1-3H3. The number of likely N-dealkylation sites (N-methyl/N-ethyl adjacent to an activating group) is 2. The van der Waals surface area contributed by atoms with Gasteiger partial charge in [0.2, 0.25) is 0 Å². The van der Waals surface area contributed by atoms with Crippen molar-refractivity contribution >= 4 is 6.29 Å². The molecule has 116 valence electrons. The molecule has 1 aromatic carbocycles. The average molecular weight is 290 g/mol. The molecule has 0 aromatic heterocycles. The molecule has 0 amide bonds. The van der Waals surface area contributed by atoms with Gasteiger partial charge in [0.25, 0.3) is 0 Å². The number of methoxy groups -OCH3 is 1. The largest absolute Gasteiger partial charge is 0.496 e. The number of carbonyl (C=O) groups is 1. The van der Waals surface area contributed by atoms with E-state index in [1.807, 2.05) is 12.1 Å². The normalized spacial score (nSPS) is 19.1. The van der Waals surface area contributed by atoms with Gasteiger partial charge in [-0.2, -0.15) is 0 Å². The highest BCUT2D eigenvalue weighted by atomic mass is 16.5. The summed E-state index contributed by atoms with van der Waals surface area (Å²) in [5, 5.41) is 0. The minimum absolute atomic E-state index is 0.653. The van der Waals surface area contributed by atoms with Crippen molar-refractivity contribution in [1.29, 1.82) is 0 Å². The third-order valence-electron chi connectivity index (χ3n) is 4.31. The van der Waals surface area contributed by atoms with Crippen LogP contribution in [-0.2, 0) is 6.54 Å². The van der Waals surface area contributed by atoms with Crippen molar-refractivity contribution in [3.63, 3.8) is 0 Å². The number of likely N-dealkylation sites (tertiary alicyclic amines) is 1. The van der Waals surface area contributed by atoms with Crippen molar-refractivity contribution < 1.29 is 9.53 Å². The van der Waals surface area contributed by atoms with Crippen molar-refractivity contribution in [3.8, 4) is 5.75 Å². The van der Waals surface area contributed by atoms with Gasteiger partial charge in [-0.1, -0.05) is 6.92 Å². The summed E-state index contributed by atoms with van der Waals surface area (Å²) in [4.78, 5) is 15.8. The molecule has 0 N–H and O–H groups in total. The highest BCUT2D eigenvalue weighted by Gasteiger charge is 2.24. The van der Waals surface area contributed by atoms with Gasteiger partial charge in [-0.3, -0.25) is 9.69 Å². The maximum atomic E-state index is 10.9. The van der Waals surface area contributed by atoms with Gasteiger partial charge in [0.1, 0.15) is 12.0 Å². The second kappa shape index (κ2) is 7.57. The third kappa shape index (κ3) is 4.05. The second-order valence-electron chi connectivity index (χ2n) is 5.81. The predicted molar refractivity (Wildman–Crippen MR) is 85.0 cm³/mol. The first kappa shape index (κ1) is 16.0. The molecule has 0 spiro atoms. The molecule has 1 aliphatic heterocycles. The average Bonchev–Trinajstić information content (AvgIpc) is 2.94. The fourth-order valence-corrected chi connectivity index (χ4v) is 3.23. The van der Waals surface area contributed by atoms with Crippen molar-refractivity contribution in [1.82, 2.24) is 9.80 Å². The zero-order chi connectivity index (χ0) is 15.2. The van der Waals surface area contributed by atoms with E-state index in [9.17, 15) is 4.79 Å². The van der Waals surface area contributed by atoms with Crippen LogP contribution in [0, 0.1) is 0 Å². The highest BCUT2D eigenvalue weighted by Crippen LogP contribution is 2.22. The fourth-order valence-electron chi connectivity index (χ4n) is 3.23. The number of benzene rings is 1. The molecule has 0 radical (unpaired) electrons. The van der Waals surface area contributed by atoms with E-state index in [1.54, 1.807) is 13.2 Å². The lowest BCUT2D eigenvalue weighted by molar-refractivity contribution is 0.112. The molecule has 0 bridgehead atoms. The summed E-state index contributed by atoms with van der Waals surface area (Å²) in [5.41, 5.74) is 1.78. The van der Waals surface area contributed by atoms with E-state index in [4.69, 9.17) is 4.74 Å². The van der Waals surface area contributed by atoms with E-state index in [-0.39, 0.29) is 0 Å². The second-order valence-corrected chi connectivity index (χ2v) is 5.81. The van der Waals surface area contributed by atoms with Gasteiger partial charge in [-0.05, 0) is 51.2 Å². The smallest absolute Gasteiger partial charge is 0.150 e. The van der Waals surface area contributed by atoms with Crippen LogP contribution in [0.3, 0.4) is 0 Å². The molecule has 2 rings (SSSR count). The number of ether oxygens (including phenoxy) is 1. The van der Waals surface area contributed by atoms with Crippen LogP contribution in [0.15, 0.2) is 18.2 Å². The number of aldehydes is 1. The van der Waals surface area contributed by atoms with E-state index >= 15 is 0 Å². The number of rotatable bonds is 7. The maximum absolute atomic E-state index is 10.9. The van der Waals surface area contributed by atoms with E-state index in [2.05, 4.69) is 23.8 Å². The molecule has 1 fully saturated rings. The van der Waals surface area contributed by atoms with Crippen LogP contribution in [-0.4, -0.2) is 55.9 Å². The van der Waals surface area contributed by atoms with Crippen molar-refractivity contribution in [2.24, 2.45) is 0 Å². The monoisotopic (exact) mass is 290 g/mol. The number of hydrogen-bond donors (Lipinski definition) is 0. The van der Waals surface area contributed by atoms with Gasteiger partial charge in [0.15, 0.2) is 0 Å². The summed E-state index contributed by atoms with van der Waals surface area (Å²) in [6.45, 7) is 6.44. The van der Waals surface area contributed by atoms with Crippen LogP contribution in [0.4, 0.5) is 0 Å². The summed E-state index contributed by atoms with van der Waals surface area (Å²) in [6.07, 6.45) is 3.47. The zero-order valence-corrected chi connectivity index (χ0v) is 13.3. The Morgan fingerprint density at radius 2 is 2.29 bits per heavy atom. The van der Waals surface area contributed by atoms with Crippen LogP contribution >= 0.6 is 0 Å². The Balaban J connectivity index is 2.01. The molecule has 0 aliphatic carbocycles. The summed E-state index contributed by atoms with van der Waals surface area (Å²) < 4.78 is 5.40. The van der Waals surface area contributed by atoms with Crippen LogP contribution in [0.5, 0.6) is 5.75 Å². The Kier molecular flexibility index (Phi) is 5.76. The molecule has 1 aromatic rings. The minimum Gasteiger partial charge on any atom is -0.496 e. The van der Waals surface area contributed by atoms with Gasteiger partial charge in [0.05, 0.1) is 7.11 Å². The Labute approximate surface area is 127 Å². The summed E-state index contributed by atoms with van der Waals surface area (Å²) >= 11 is 0. The molecule has 4 nitrogen and oxygen atoms in total. The van der Waals surface area contributed by atoms with E-state index in [1.165, 1.54) is 19.4 Å². The van der Waals surface area contributed by atoms with Crippen LogP contribution < -0.4 is 4.74 Å². The first-order valence-electron chi connectivity index (χ1n) is 7.72. The Bertz CT molecular complexity index is 476. The van der Waals surface area contributed by atoms with Crippen molar-refractivity contribution in [2.45, 2.75) is 32.4 Å². The zero-order valence-electron chi connectivity index (χ0n) is 13.3. The Morgan fingerprint density at radius 3 is 2.95 bits per heavy atom. The summed E-state index contributed by atoms with van der Waals surface area (Å²) in [6, 6.07) is 6.25. The topological polar surface area (TPSA) is 32.8 Å². The molecule has 1 aliphatic rings. The fraction of sp³-hybridized carbons (Fsp3) is 0.588. The van der Waals surface area contributed by atoms with Crippen LogP contribution in [0.1, 0.15) is 35.7 Å². The van der Waals surface area contributed by atoms with Gasteiger partial charge in [0, 0.05) is 30.3 Å². The first-order valence-corrected chi connectivity index (χ1v) is 7.72. The molecule has 4 heteroatoms. The van der Waals surface area contributed by atoms with Crippen LogP contribution in [0.25, 0.3) is 0 Å². The van der Waals surface area contributed by atoms with E-state index in [0.29, 0.717) is 11.6 Å². The lowest BCUT2D eigenvalue weighted by Gasteiger charge is -2.28. The number of carbonyl (C=O) groups excluding carboxylic acids is 1. The van der Waals surface area contributed by atoms with E-state index < -0.39 is 0 Å². The summed E-state index contributed by atoms with van der Waals surface area (Å²) in [7, 11) is 3.81. The minimum atomic E-state index is 0.653. The van der Waals surface area contributed by atoms with Gasteiger partial charge in [-0.25, -0.2) is 0 Å². The van der Waals surface area contributed by atoms with E-state index in [0.717, 1.165) is 37.2 Å². The predicted octanol–water partition coefficient (Wildman–Crippen LogP) is 2.42. The lowest BCUT2D eigenvalue weighted by Crippen LogP contribution is -2.38. The maximum Gasteiger partial charge on any atom is 0.150 e. The molecular formula is C17H26N2O2. The molecule has 1 saturated heterocycles. The Morgan fingerprint density at radius 1 is 1.48 bits per heavy atom. The molecular weight excluding hydrogens is 264 g/mol. The first-order chi connectivity index (χ1) is 10.2. The van der Waals surface area contributed by atoms with Gasteiger partial charge in [-0.15, -0.1) is 0 Å². The quantitative estimate of drug-likeness (QED) is 0.722. The van der Waals surface area contributed by atoms with Gasteiger partial charge >= 0.3 is 0 Å². The molecule has 1 unspecified atom stereocenters. The van der Waals surface area contributed by atoms with Crippen molar-refractivity contribution in [3.05, 3.63) is 29.3 Å².